The van der Waals surface area contributed by atoms with Crippen LogP contribution in [0.1, 0.15) is 16.7 Å². The Morgan fingerprint density at radius 1 is 0.520 bits per heavy atom. The maximum absolute atomic E-state index is 9.82. The maximum atomic E-state index is 9.82. The third-order valence-corrected chi connectivity index (χ3v) is 4.66. The number of benzene rings is 3. The molecule has 0 unspecified atom stereocenters. The average Bonchev–Trinajstić information content (AvgIpc) is 2.64. The molecular formula is C23H26NO+. The third-order valence-electron chi connectivity index (χ3n) is 4.66. The zero-order chi connectivity index (χ0) is 17.4. The van der Waals surface area contributed by atoms with Gasteiger partial charge in [-0.2, -0.15) is 0 Å². The van der Waals surface area contributed by atoms with Crippen molar-refractivity contribution in [2.24, 2.45) is 0 Å². The normalized spacial score (nSPS) is 11.4. The number of hydrogen-bond donors (Lipinski definition) is 1. The molecule has 0 aromatic heterocycles. The lowest BCUT2D eigenvalue weighted by Gasteiger charge is -2.39. The molecule has 1 N–H and O–H groups in total. The zero-order valence-electron chi connectivity index (χ0n) is 14.6. The number of rotatable bonds is 8. The van der Waals surface area contributed by atoms with Crippen LogP contribution in [0.25, 0.3) is 0 Å². The minimum atomic E-state index is 0.187. The molecule has 25 heavy (non-hydrogen) atoms. The lowest BCUT2D eigenvalue weighted by atomic mass is 10.1. The highest BCUT2D eigenvalue weighted by molar-refractivity contribution is 5.17. The van der Waals surface area contributed by atoms with E-state index in [9.17, 15) is 5.11 Å². The molecule has 3 aromatic carbocycles. The largest absolute Gasteiger partial charge is 0.391 e. The minimum Gasteiger partial charge on any atom is -0.391 e. The van der Waals surface area contributed by atoms with E-state index in [-0.39, 0.29) is 6.61 Å². The van der Waals surface area contributed by atoms with Gasteiger partial charge in [0.15, 0.2) is 0 Å². The molecule has 0 saturated carbocycles. The van der Waals surface area contributed by atoms with Gasteiger partial charge in [-0.1, -0.05) is 91.0 Å². The molecule has 2 heteroatoms. The fourth-order valence-electron chi connectivity index (χ4n) is 3.53. The van der Waals surface area contributed by atoms with Gasteiger partial charge in [-0.15, -0.1) is 0 Å². The van der Waals surface area contributed by atoms with Crippen LogP contribution in [0.15, 0.2) is 91.0 Å². The molecule has 0 aliphatic carbocycles. The van der Waals surface area contributed by atoms with Crippen LogP contribution in [0.2, 0.25) is 0 Å². The summed E-state index contributed by atoms with van der Waals surface area (Å²) in [5.41, 5.74) is 3.92. The van der Waals surface area contributed by atoms with Crippen molar-refractivity contribution in [3.8, 4) is 0 Å². The van der Waals surface area contributed by atoms with E-state index in [2.05, 4.69) is 91.0 Å². The molecular weight excluding hydrogens is 306 g/mol. The quantitative estimate of drug-likeness (QED) is 0.606. The molecule has 0 radical (unpaired) electrons. The molecule has 2 nitrogen and oxygen atoms in total. The van der Waals surface area contributed by atoms with Crippen molar-refractivity contribution in [2.45, 2.75) is 19.6 Å². The van der Waals surface area contributed by atoms with Crippen molar-refractivity contribution in [1.82, 2.24) is 0 Å². The van der Waals surface area contributed by atoms with E-state index in [1.807, 2.05) is 0 Å². The fraction of sp³-hybridized carbons (Fsp3) is 0.217. The molecule has 3 aromatic rings. The molecule has 0 amide bonds. The summed E-state index contributed by atoms with van der Waals surface area (Å²) >= 11 is 0. The summed E-state index contributed by atoms with van der Waals surface area (Å²) in [5.74, 6) is 0. The van der Waals surface area contributed by atoms with Crippen LogP contribution in [-0.2, 0) is 19.6 Å². The highest BCUT2D eigenvalue weighted by Crippen LogP contribution is 2.23. The van der Waals surface area contributed by atoms with Gasteiger partial charge in [0, 0.05) is 16.7 Å². The van der Waals surface area contributed by atoms with E-state index >= 15 is 0 Å². The topological polar surface area (TPSA) is 20.2 Å². The van der Waals surface area contributed by atoms with Crippen molar-refractivity contribution in [3.63, 3.8) is 0 Å². The molecule has 0 spiro atoms. The van der Waals surface area contributed by atoms with Crippen LogP contribution in [0.5, 0.6) is 0 Å². The minimum absolute atomic E-state index is 0.187. The van der Waals surface area contributed by atoms with Gasteiger partial charge in [-0.3, -0.25) is 0 Å². The molecule has 128 valence electrons. The summed E-state index contributed by atoms with van der Waals surface area (Å²) in [7, 11) is 0. The van der Waals surface area contributed by atoms with Crippen molar-refractivity contribution >= 4 is 0 Å². The van der Waals surface area contributed by atoms with Gasteiger partial charge < -0.3 is 9.59 Å². The van der Waals surface area contributed by atoms with Crippen LogP contribution >= 0.6 is 0 Å². The second-order valence-electron chi connectivity index (χ2n) is 6.72. The van der Waals surface area contributed by atoms with Gasteiger partial charge in [0.25, 0.3) is 0 Å². The Balaban J connectivity index is 1.94. The summed E-state index contributed by atoms with van der Waals surface area (Å²) in [6.45, 7) is 3.65. The molecule has 0 aliphatic heterocycles. The Morgan fingerprint density at radius 2 is 0.840 bits per heavy atom. The summed E-state index contributed by atoms with van der Waals surface area (Å²) in [5, 5.41) is 9.82. The van der Waals surface area contributed by atoms with Crippen LogP contribution < -0.4 is 0 Å². The van der Waals surface area contributed by atoms with E-state index in [1.54, 1.807) is 0 Å². The second kappa shape index (κ2) is 8.61. The van der Waals surface area contributed by atoms with Crippen molar-refractivity contribution in [2.75, 3.05) is 13.2 Å². The molecule has 3 rings (SSSR count). The summed E-state index contributed by atoms with van der Waals surface area (Å²) in [6, 6.07) is 31.8. The van der Waals surface area contributed by atoms with Crippen LogP contribution in [0.4, 0.5) is 0 Å². The number of aliphatic hydroxyl groups is 1. The molecule has 0 atom stereocenters. The summed E-state index contributed by atoms with van der Waals surface area (Å²) in [4.78, 5) is 0. The van der Waals surface area contributed by atoms with Gasteiger partial charge in [0.2, 0.25) is 0 Å². The third kappa shape index (κ3) is 5.02. The number of aliphatic hydroxyl groups excluding tert-OH is 1. The maximum Gasteiger partial charge on any atom is 0.105 e. The molecule has 0 aliphatic rings. The molecule has 0 saturated heterocycles. The highest BCUT2D eigenvalue weighted by Gasteiger charge is 2.28. The van der Waals surface area contributed by atoms with Gasteiger partial charge in [-0.25, -0.2) is 0 Å². The van der Waals surface area contributed by atoms with Gasteiger partial charge in [-0.05, 0) is 0 Å². The Morgan fingerprint density at radius 3 is 1.12 bits per heavy atom. The Bertz CT molecular complexity index is 639. The lowest BCUT2D eigenvalue weighted by Crippen LogP contribution is -2.47. The van der Waals surface area contributed by atoms with Gasteiger partial charge in [0.05, 0.1) is 6.61 Å². The van der Waals surface area contributed by atoms with Gasteiger partial charge in [0.1, 0.15) is 26.2 Å². The first kappa shape index (κ1) is 17.4. The molecule has 0 heterocycles. The lowest BCUT2D eigenvalue weighted by molar-refractivity contribution is -0.966. The molecule has 0 bridgehead atoms. The number of hydrogen-bond acceptors (Lipinski definition) is 1. The van der Waals surface area contributed by atoms with E-state index in [0.29, 0.717) is 0 Å². The predicted molar refractivity (Wildman–Crippen MR) is 103 cm³/mol. The van der Waals surface area contributed by atoms with Crippen molar-refractivity contribution in [3.05, 3.63) is 108 Å². The first-order valence-corrected chi connectivity index (χ1v) is 8.87. The monoisotopic (exact) mass is 332 g/mol. The van der Waals surface area contributed by atoms with E-state index in [4.69, 9.17) is 0 Å². The fourth-order valence-corrected chi connectivity index (χ4v) is 3.53. The Labute approximate surface area is 150 Å². The first-order valence-electron chi connectivity index (χ1n) is 8.87. The van der Waals surface area contributed by atoms with Crippen LogP contribution in [0, 0.1) is 0 Å². The number of nitrogens with zero attached hydrogens (tertiary/aromatic N) is 1. The number of quaternary nitrogens is 1. The van der Waals surface area contributed by atoms with Crippen LogP contribution in [0.3, 0.4) is 0 Å². The standard InChI is InChI=1S/C23H26NO/c25-17-16-24(18-21-10-4-1-5-11-21,19-22-12-6-2-7-13-22)20-23-14-8-3-9-15-23/h1-15,25H,16-20H2/q+1. The van der Waals surface area contributed by atoms with Crippen molar-refractivity contribution < 1.29 is 9.59 Å². The van der Waals surface area contributed by atoms with Crippen LogP contribution in [-0.4, -0.2) is 22.7 Å². The van der Waals surface area contributed by atoms with E-state index in [1.165, 1.54) is 16.7 Å². The SMILES string of the molecule is OCC[N+](Cc1ccccc1)(Cc1ccccc1)Cc1ccccc1. The Kier molecular flexibility index (Phi) is 5.99. The van der Waals surface area contributed by atoms with Gasteiger partial charge >= 0.3 is 0 Å². The first-order chi connectivity index (χ1) is 12.3. The zero-order valence-corrected chi connectivity index (χ0v) is 14.6. The smallest absolute Gasteiger partial charge is 0.105 e. The van der Waals surface area contributed by atoms with Crippen molar-refractivity contribution in [1.29, 1.82) is 0 Å². The molecule has 0 fully saturated rings. The second-order valence-corrected chi connectivity index (χ2v) is 6.72. The predicted octanol–water partition coefficient (Wildman–Crippen LogP) is 4.40. The highest BCUT2D eigenvalue weighted by atomic mass is 16.3. The van der Waals surface area contributed by atoms with E-state index < -0.39 is 0 Å². The Hall–Kier alpha value is -2.42. The summed E-state index contributed by atoms with van der Waals surface area (Å²) in [6.07, 6.45) is 0. The van der Waals surface area contributed by atoms with E-state index in [0.717, 1.165) is 30.7 Å². The average molecular weight is 332 g/mol. The summed E-state index contributed by atoms with van der Waals surface area (Å²) < 4.78 is 0.814.